The molecule has 0 fully saturated rings. The van der Waals surface area contributed by atoms with Crippen LogP contribution >= 0.6 is 0 Å². The molecule has 1 aromatic carbocycles. The average molecular weight is 279 g/mol. The van der Waals surface area contributed by atoms with Crippen LogP contribution in [0.4, 0.5) is 0 Å². The van der Waals surface area contributed by atoms with Crippen LogP contribution in [0.25, 0.3) is 23.0 Å². The fourth-order valence-corrected chi connectivity index (χ4v) is 2.33. The van der Waals surface area contributed by atoms with E-state index in [1.807, 2.05) is 17.7 Å². The minimum absolute atomic E-state index is 0.758. The first-order chi connectivity index (χ1) is 10.1. The summed E-state index contributed by atoms with van der Waals surface area (Å²) in [6.45, 7) is 10.4. The van der Waals surface area contributed by atoms with Gasteiger partial charge in [-0.15, -0.1) is 5.73 Å². The Bertz CT molecular complexity index is 797. The van der Waals surface area contributed by atoms with E-state index in [1.165, 1.54) is 5.56 Å². The quantitative estimate of drug-likeness (QED) is 0.874. The molecule has 0 saturated carbocycles. The minimum atomic E-state index is 0.758. The van der Waals surface area contributed by atoms with Crippen LogP contribution in [0.2, 0.25) is 0 Å². The normalized spacial score (nSPS) is 13.0. The summed E-state index contributed by atoms with van der Waals surface area (Å²) in [4.78, 5) is 0. The van der Waals surface area contributed by atoms with E-state index in [-0.39, 0.29) is 0 Å². The van der Waals surface area contributed by atoms with Crippen molar-refractivity contribution in [1.29, 1.82) is 0 Å². The zero-order valence-electron chi connectivity index (χ0n) is 12.9. The molecular formula is C18H21N3. The molecule has 0 amide bonds. The van der Waals surface area contributed by atoms with E-state index in [9.17, 15) is 0 Å². The van der Waals surface area contributed by atoms with Gasteiger partial charge in [-0.25, -0.2) is 0 Å². The van der Waals surface area contributed by atoms with Gasteiger partial charge in [0.2, 0.25) is 0 Å². The summed E-state index contributed by atoms with van der Waals surface area (Å²) in [6, 6.07) is 8.33. The number of hydrogen-bond acceptors (Lipinski definition) is 2. The lowest BCUT2D eigenvalue weighted by atomic mass is 10.1. The molecule has 0 spiro atoms. The standard InChI is InChI=1S/C18H21N3/c1-5-7-8-16-17(14(4)19)18(20-21(16)6-2)15-11-9-13(3)10-12-15/h7-12H,1,6,19H2,2-4H3/b16-8+,17-14-. The molecule has 0 aliphatic rings. The second kappa shape index (κ2) is 6.29. The van der Waals surface area contributed by atoms with Gasteiger partial charge in [0, 0.05) is 23.0 Å². The van der Waals surface area contributed by atoms with Gasteiger partial charge in [0.25, 0.3) is 0 Å². The molecule has 0 aliphatic heterocycles. The zero-order chi connectivity index (χ0) is 15.4. The van der Waals surface area contributed by atoms with Crippen LogP contribution in [0, 0.1) is 6.92 Å². The number of aryl methyl sites for hydroxylation is 2. The van der Waals surface area contributed by atoms with E-state index in [4.69, 9.17) is 10.8 Å². The molecule has 3 heteroatoms. The highest BCUT2D eigenvalue weighted by atomic mass is 15.3. The summed E-state index contributed by atoms with van der Waals surface area (Å²) >= 11 is 0. The number of nitrogens with zero attached hydrogens (tertiary/aromatic N) is 2. The number of hydrogen-bond donors (Lipinski definition) is 1. The molecule has 0 saturated heterocycles. The first kappa shape index (κ1) is 14.9. The van der Waals surface area contributed by atoms with Gasteiger partial charge in [-0.1, -0.05) is 36.4 Å². The molecule has 2 aromatic rings. The number of nitrogens with two attached hydrogens (primary N) is 1. The van der Waals surface area contributed by atoms with Crippen molar-refractivity contribution in [2.45, 2.75) is 27.3 Å². The Balaban J connectivity index is 2.86. The molecule has 0 atom stereocenters. The number of benzene rings is 1. The molecular weight excluding hydrogens is 258 g/mol. The van der Waals surface area contributed by atoms with Crippen LogP contribution in [0.1, 0.15) is 19.4 Å². The lowest BCUT2D eigenvalue weighted by Crippen LogP contribution is -2.32. The van der Waals surface area contributed by atoms with Crippen LogP contribution in [0.15, 0.2) is 42.7 Å². The van der Waals surface area contributed by atoms with Crippen LogP contribution in [-0.4, -0.2) is 9.78 Å². The summed E-state index contributed by atoms with van der Waals surface area (Å²) in [6.07, 6.45) is 3.74. The van der Waals surface area contributed by atoms with Gasteiger partial charge in [0.05, 0.1) is 5.35 Å². The van der Waals surface area contributed by atoms with Crippen molar-refractivity contribution in [3.05, 3.63) is 58.8 Å². The maximum Gasteiger partial charge on any atom is 0.102 e. The Morgan fingerprint density at radius 1 is 1.38 bits per heavy atom. The van der Waals surface area contributed by atoms with Crippen molar-refractivity contribution >= 4 is 11.8 Å². The van der Waals surface area contributed by atoms with E-state index in [2.05, 4.69) is 50.4 Å². The van der Waals surface area contributed by atoms with Crippen molar-refractivity contribution in [3.63, 3.8) is 0 Å². The maximum atomic E-state index is 6.12. The fraction of sp³-hybridized carbons (Fsp3) is 0.222. The van der Waals surface area contributed by atoms with E-state index in [1.54, 1.807) is 6.08 Å². The SMILES string of the molecule is C=C=C/C=c1\c(=C(/C)N)c(-c2ccc(C)cc2)nn1CC. The van der Waals surface area contributed by atoms with E-state index in [0.29, 0.717) is 0 Å². The Morgan fingerprint density at radius 2 is 2.05 bits per heavy atom. The zero-order valence-corrected chi connectivity index (χ0v) is 12.9. The Hall–Kier alpha value is -2.51. The number of allylic oxidation sites excluding steroid dienone is 1. The van der Waals surface area contributed by atoms with Crippen molar-refractivity contribution in [2.75, 3.05) is 0 Å². The van der Waals surface area contributed by atoms with Crippen molar-refractivity contribution in [2.24, 2.45) is 5.73 Å². The molecule has 2 N–H and O–H groups in total. The van der Waals surface area contributed by atoms with Gasteiger partial charge in [0.15, 0.2) is 0 Å². The van der Waals surface area contributed by atoms with Gasteiger partial charge >= 0.3 is 0 Å². The molecule has 108 valence electrons. The molecule has 2 rings (SSSR count). The van der Waals surface area contributed by atoms with Gasteiger partial charge < -0.3 is 5.73 Å². The Kier molecular flexibility index (Phi) is 4.46. The molecule has 1 heterocycles. The summed E-state index contributed by atoms with van der Waals surface area (Å²) in [5.74, 6) is 0. The van der Waals surface area contributed by atoms with Crippen LogP contribution in [-0.2, 0) is 6.54 Å². The lowest BCUT2D eigenvalue weighted by Gasteiger charge is -1.99. The summed E-state index contributed by atoms with van der Waals surface area (Å²) in [5.41, 5.74) is 12.9. The van der Waals surface area contributed by atoms with Crippen molar-refractivity contribution in [1.82, 2.24) is 9.78 Å². The second-order valence-corrected chi connectivity index (χ2v) is 5.01. The molecule has 0 radical (unpaired) electrons. The second-order valence-electron chi connectivity index (χ2n) is 5.01. The molecule has 21 heavy (non-hydrogen) atoms. The third-order valence-corrected chi connectivity index (χ3v) is 3.37. The molecule has 3 nitrogen and oxygen atoms in total. The molecule has 0 unspecified atom stereocenters. The predicted octanol–water partition coefficient (Wildman–Crippen LogP) is 2.09. The smallest absolute Gasteiger partial charge is 0.102 e. The fourth-order valence-electron chi connectivity index (χ4n) is 2.33. The van der Waals surface area contributed by atoms with E-state index >= 15 is 0 Å². The van der Waals surface area contributed by atoms with Gasteiger partial charge in [0.1, 0.15) is 5.69 Å². The van der Waals surface area contributed by atoms with Crippen LogP contribution in [0.5, 0.6) is 0 Å². The maximum absolute atomic E-state index is 6.12. The highest BCUT2D eigenvalue weighted by molar-refractivity contribution is 5.64. The third kappa shape index (κ3) is 2.99. The van der Waals surface area contributed by atoms with Gasteiger partial charge in [-0.3, -0.25) is 4.68 Å². The molecule has 0 bridgehead atoms. The summed E-state index contributed by atoms with van der Waals surface area (Å²) in [5, 5.41) is 6.69. The largest absolute Gasteiger partial charge is 0.402 e. The lowest BCUT2D eigenvalue weighted by molar-refractivity contribution is 0.642. The average Bonchev–Trinajstić information content (AvgIpc) is 2.84. The number of aromatic nitrogens is 2. The topological polar surface area (TPSA) is 43.8 Å². The molecule has 1 aromatic heterocycles. The van der Waals surface area contributed by atoms with Crippen molar-refractivity contribution in [3.8, 4) is 11.3 Å². The predicted molar refractivity (Wildman–Crippen MR) is 88.8 cm³/mol. The first-order valence-electron chi connectivity index (χ1n) is 7.04. The van der Waals surface area contributed by atoms with E-state index < -0.39 is 0 Å². The minimum Gasteiger partial charge on any atom is -0.402 e. The Morgan fingerprint density at radius 3 is 2.57 bits per heavy atom. The van der Waals surface area contributed by atoms with Gasteiger partial charge in [-0.05, 0) is 32.9 Å². The van der Waals surface area contributed by atoms with E-state index in [0.717, 1.165) is 34.1 Å². The Labute approximate surface area is 125 Å². The number of rotatable bonds is 3. The van der Waals surface area contributed by atoms with Crippen molar-refractivity contribution < 1.29 is 0 Å². The summed E-state index contributed by atoms with van der Waals surface area (Å²) in [7, 11) is 0. The summed E-state index contributed by atoms with van der Waals surface area (Å²) < 4.78 is 1.95. The highest BCUT2D eigenvalue weighted by Crippen LogP contribution is 2.13. The molecule has 0 aliphatic carbocycles. The first-order valence-corrected chi connectivity index (χ1v) is 7.04. The van der Waals surface area contributed by atoms with Gasteiger partial charge in [-0.2, -0.15) is 5.10 Å². The van der Waals surface area contributed by atoms with Crippen LogP contribution in [0.3, 0.4) is 0 Å². The highest BCUT2D eigenvalue weighted by Gasteiger charge is 2.09. The third-order valence-electron chi connectivity index (χ3n) is 3.37. The monoisotopic (exact) mass is 279 g/mol. The van der Waals surface area contributed by atoms with Crippen LogP contribution < -0.4 is 16.3 Å².